The lowest BCUT2D eigenvalue weighted by Crippen LogP contribution is -2.58. The van der Waals surface area contributed by atoms with E-state index in [0.29, 0.717) is 82.2 Å². The molecule has 0 bridgehead atoms. The largest absolute Gasteiger partial charge is 0.493 e. The summed E-state index contributed by atoms with van der Waals surface area (Å²) >= 11 is 0. The van der Waals surface area contributed by atoms with Gasteiger partial charge in [-0.25, -0.2) is 4.39 Å². The van der Waals surface area contributed by atoms with Crippen LogP contribution in [0.1, 0.15) is 66.1 Å². The van der Waals surface area contributed by atoms with Gasteiger partial charge in [-0.15, -0.1) is 0 Å². The van der Waals surface area contributed by atoms with Crippen molar-refractivity contribution >= 4 is 22.8 Å². The molecule has 11 heteroatoms. The highest BCUT2D eigenvalue weighted by Gasteiger charge is 2.50. The third-order valence-electron chi connectivity index (χ3n) is 8.23. The van der Waals surface area contributed by atoms with Crippen LogP contribution in [0.5, 0.6) is 5.75 Å². The summed E-state index contributed by atoms with van der Waals surface area (Å²) in [5, 5.41) is 10.4. The molecule has 238 valence electrons. The quantitative estimate of drug-likeness (QED) is 0.147. The summed E-state index contributed by atoms with van der Waals surface area (Å²) in [5.74, 6) is 0.189. The van der Waals surface area contributed by atoms with Crippen molar-refractivity contribution < 1.29 is 32.4 Å². The van der Waals surface area contributed by atoms with Crippen LogP contribution in [0.4, 0.5) is 4.39 Å². The van der Waals surface area contributed by atoms with Crippen LogP contribution < -0.4 is 15.4 Å². The second-order valence-electron chi connectivity index (χ2n) is 11.3. The zero-order chi connectivity index (χ0) is 32.3. The van der Waals surface area contributed by atoms with Crippen LogP contribution in [0.25, 0.3) is 33.4 Å². The summed E-state index contributed by atoms with van der Waals surface area (Å²) < 4.78 is 36.9. The van der Waals surface area contributed by atoms with Gasteiger partial charge in [-0.1, -0.05) is 30.6 Å². The molecule has 2 heterocycles. The second-order valence-corrected chi connectivity index (χ2v) is 11.3. The highest BCUT2D eigenvalue weighted by Crippen LogP contribution is 2.43. The second kappa shape index (κ2) is 13.1. The molecule has 0 unspecified atom stereocenters. The maximum Gasteiger partial charge on any atom is 0.255 e. The standard InChI is InChI=1S/C35H35FN4O6/c1-4-6-14-44-25-18-35(19-25,34-38-20-45-40-34)39-32(41)23-9-7-8-22(15-23)26-16-27-29(17-28(26)43-5-2)46-31(30(27)33(42)37-3)21-10-12-24(36)13-11-21/h7-13,15-17,20,25H,4-6,14,18-19H2,1-3H3,(H,37,42)(H,39,41). The van der Waals surface area contributed by atoms with Gasteiger partial charge in [0.05, 0.1) is 18.3 Å². The number of rotatable bonds is 12. The Morgan fingerprint density at radius 1 is 1.04 bits per heavy atom. The molecule has 3 aromatic carbocycles. The fraction of sp³-hybridized carbons (Fsp3) is 0.314. The molecule has 1 aliphatic carbocycles. The van der Waals surface area contributed by atoms with E-state index in [9.17, 15) is 14.0 Å². The first kappa shape index (κ1) is 31.0. The molecule has 0 aliphatic heterocycles. The van der Waals surface area contributed by atoms with Gasteiger partial charge in [0.1, 0.15) is 28.4 Å². The molecule has 0 atom stereocenters. The summed E-state index contributed by atoms with van der Waals surface area (Å²) in [6.07, 6.45) is 4.32. The van der Waals surface area contributed by atoms with Crippen molar-refractivity contribution in [3.63, 3.8) is 0 Å². The molecule has 6 rings (SSSR count). The molecule has 2 amide bonds. The van der Waals surface area contributed by atoms with Gasteiger partial charge >= 0.3 is 0 Å². The molecular weight excluding hydrogens is 591 g/mol. The van der Waals surface area contributed by atoms with Crippen LogP contribution in [0.3, 0.4) is 0 Å². The average molecular weight is 627 g/mol. The van der Waals surface area contributed by atoms with Gasteiger partial charge in [0.15, 0.2) is 5.82 Å². The Labute approximate surface area is 265 Å². The fourth-order valence-electron chi connectivity index (χ4n) is 5.85. The number of hydrogen-bond donors (Lipinski definition) is 2. The molecule has 0 radical (unpaired) electrons. The number of carbonyl (C=O) groups excluding carboxylic acids is 2. The van der Waals surface area contributed by atoms with Crippen molar-refractivity contribution in [2.24, 2.45) is 0 Å². The van der Waals surface area contributed by atoms with E-state index in [0.717, 1.165) is 12.8 Å². The lowest BCUT2D eigenvalue weighted by molar-refractivity contribution is -0.0594. The van der Waals surface area contributed by atoms with Crippen molar-refractivity contribution in [1.29, 1.82) is 0 Å². The summed E-state index contributed by atoms with van der Waals surface area (Å²) in [6, 6.07) is 16.5. The molecule has 5 aromatic rings. The Hall–Kier alpha value is -5.03. The number of carbonyl (C=O) groups is 2. The molecule has 10 nitrogen and oxygen atoms in total. The van der Waals surface area contributed by atoms with Gasteiger partial charge in [-0.3, -0.25) is 9.59 Å². The fourth-order valence-corrected chi connectivity index (χ4v) is 5.85. The Morgan fingerprint density at radius 2 is 1.85 bits per heavy atom. The van der Waals surface area contributed by atoms with E-state index < -0.39 is 11.4 Å². The summed E-state index contributed by atoms with van der Waals surface area (Å²) in [4.78, 5) is 31.1. The number of halogens is 1. The first-order valence-corrected chi connectivity index (χ1v) is 15.4. The first-order valence-electron chi connectivity index (χ1n) is 15.4. The minimum absolute atomic E-state index is 0.0126. The first-order chi connectivity index (χ1) is 22.4. The zero-order valence-corrected chi connectivity index (χ0v) is 25.9. The van der Waals surface area contributed by atoms with E-state index >= 15 is 0 Å². The number of unbranched alkanes of at least 4 members (excludes halogenated alkanes) is 1. The lowest BCUT2D eigenvalue weighted by atomic mass is 9.73. The maximum atomic E-state index is 13.7. The summed E-state index contributed by atoms with van der Waals surface area (Å²) in [5.41, 5.74) is 2.28. The topological polar surface area (TPSA) is 129 Å². The number of nitrogens with zero attached hydrogens (tertiary/aromatic N) is 2. The summed E-state index contributed by atoms with van der Waals surface area (Å²) in [6.45, 7) is 5.02. The molecule has 46 heavy (non-hydrogen) atoms. The van der Waals surface area contributed by atoms with Crippen LogP contribution >= 0.6 is 0 Å². The van der Waals surface area contributed by atoms with Crippen molar-refractivity contribution in [3.05, 3.63) is 89.8 Å². The van der Waals surface area contributed by atoms with Crippen LogP contribution in [0, 0.1) is 5.82 Å². The molecule has 1 saturated carbocycles. The predicted molar refractivity (Wildman–Crippen MR) is 169 cm³/mol. The molecular formula is C35H35FN4O6. The van der Waals surface area contributed by atoms with Gasteiger partial charge in [-0.05, 0) is 61.4 Å². The van der Waals surface area contributed by atoms with Crippen molar-refractivity contribution in [2.75, 3.05) is 20.3 Å². The molecule has 0 saturated heterocycles. The number of ether oxygens (including phenoxy) is 2. The molecule has 1 aliphatic rings. The van der Waals surface area contributed by atoms with E-state index in [4.69, 9.17) is 18.4 Å². The number of hydrogen-bond acceptors (Lipinski definition) is 8. The molecule has 1 fully saturated rings. The predicted octanol–water partition coefficient (Wildman–Crippen LogP) is 6.65. The van der Waals surface area contributed by atoms with Crippen molar-refractivity contribution in [2.45, 2.75) is 51.2 Å². The number of benzene rings is 3. The van der Waals surface area contributed by atoms with E-state index in [-0.39, 0.29) is 17.9 Å². The SMILES string of the molecule is CCCCOC1CC(NC(=O)c2cccc(-c3cc4c(C(=O)NC)c(-c5ccc(F)cc5)oc4cc3OCC)c2)(c2ncon2)C1. The normalized spacial score (nSPS) is 17.4. The molecule has 0 spiro atoms. The third-order valence-corrected chi connectivity index (χ3v) is 8.23. The highest BCUT2D eigenvalue weighted by atomic mass is 19.1. The van der Waals surface area contributed by atoms with Crippen LogP contribution in [0.2, 0.25) is 0 Å². The minimum Gasteiger partial charge on any atom is -0.493 e. The Kier molecular flexibility index (Phi) is 8.85. The lowest BCUT2D eigenvalue weighted by Gasteiger charge is -2.45. The van der Waals surface area contributed by atoms with Crippen LogP contribution in [0.15, 0.2) is 76.0 Å². The van der Waals surface area contributed by atoms with Gasteiger partial charge in [0.2, 0.25) is 6.39 Å². The maximum absolute atomic E-state index is 13.7. The smallest absolute Gasteiger partial charge is 0.255 e. The van der Waals surface area contributed by atoms with E-state index in [1.54, 1.807) is 36.4 Å². The van der Waals surface area contributed by atoms with Crippen LogP contribution in [-0.2, 0) is 10.3 Å². The van der Waals surface area contributed by atoms with Crippen LogP contribution in [-0.4, -0.2) is 48.3 Å². The summed E-state index contributed by atoms with van der Waals surface area (Å²) in [7, 11) is 1.54. The van der Waals surface area contributed by atoms with E-state index in [1.165, 1.54) is 25.6 Å². The van der Waals surface area contributed by atoms with E-state index in [1.807, 2.05) is 19.1 Å². The van der Waals surface area contributed by atoms with Gasteiger partial charge < -0.3 is 29.0 Å². The Balaban J connectivity index is 1.36. The van der Waals surface area contributed by atoms with Crippen molar-refractivity contribution in [1.82, 2.24) is 20.8 Å². The highest BCUT2D eigenvalue weighted by molar-refractivity contribution is 6.12. The Bertz CT molecular complexity index is 1850. The average Bonchev–Trinajstić information content (AvgIpc) is 3.72. The monoisotopic (exact) mass is 626 g/mol. The number of nitrogens with one attached hydrogen (secondary N) is 2. The zero-order valence-electron chi connectivity index (χ0n) is 25.9. The Morgan fingerprint density at radius 3 is 2.54 bits per heavy atom. The minimum atomic E-state index is -0.803. The number of aromatic nitrogens is 2. The van der Waals surface area contributed by atoms with Gasteiger partial charge in [0.25, 0.3) is 11.8 Å². The number of furan rings is 1. The van der Waals surface area contributed by atoms with Gasteiger partial charge in [0, 0.05) is 54.6 Å². The van der Waals surface area contributed by atoms with Crippen molar-refractivity contribution in [3.8, 4) is 28.2 Å². The van der Waals surface area contributed by atoms with Gasteiger partial charge in [-0.2, -0.15) is 4.98 Å². The molecule has 2 aromatic heterocycles. The molecule has 2 N–H and O–H groups in total. The van der Waals surface area contributed by atoms with E-state index in [2.05, 4.69) is 27.7 Å². The third kappa shape index (κ3) is 5.97. The number of fused-ring (bicyclic) bond motifs is 1. The number of amides is 2.